The van der Waals surface area contributed by atoms with Crippen LogP contribution in [0.15, 0.2) is 52.8 Å². The minimum Gasteiger partial charge on any atom is -0.493 e. The van der Waals surface area contributed by atoms with Crippen LogP contribution >= 0.6 is 11.8 Å². The van der Waals surface area contributed by atoms with Gasteiger partial charge in [0.1, 0.15) is 23.8 Å². The highest BCUT2D eigenvalue weighted by atomic mass is 32.2. The quantitative estimate of drug-likeness (QED) is 0.743. The van der Waals surface area contributed by atoms with Crippen LogP contribution in [0.4, 0.5) is 0 Å². The normalized spacial score (nSPS) is 18.1. The lowest BCUT2D eigenvalue weighted by Crippen LogP contribution is -2.23. The molecule has 27 heavy (non-hydrogen) atoms. The van der Waals surface area contributed by atoms with E-state index >= 15 is 0 Å². The molecule has 2 heterocycles. The maximum absolute atomic E-state index is 6.34. The Morgan fingerprint density at radius 3 is 2.85 bits per heavy atom. The van der Waals surface area contributed by atoms with E-state index in [0.29, 0.717) is 13.2 Å². The van der Waals surface area contributed by atoms with Crippen molar-refractivity contribution in [2.45, 2.75) is 25.4 Å². The monoisotopic (exact) mass is 381 g/mol. The van der Waals surface area contributed by atoms with Crippen molar-refractivity contribution in [2.24, 2.45) is 10.2 Å². The van der Waals surface area contributed by atoms with Gasteiger partial charge in [0.25, 0.3) is 0 Å². The summed E-state index contributed by atoms with van der Waals surface area (Å²) < 4.78 is 12.1. The first-order chi connectivity index (χ1) is 13.2. The van der Waals surface area contributed by atoms with Gasteiger partial charge in [-0.2, -0.15) is 10.2 Å². The SMILES string of the molecule is CSC1N=NC(c2c(C)cc3c(c2OCc2ccccc2)CCO3)=CN1C. The van der Waals surface area contributed by atoms with E-state index in [0.717, 1.165) is 45.9 Å². The summed E-state index contributed by atoms with van der Waals surface area (Å²) in [4.78, 5) is 2.08. The van der Waals surface area contributed by atoms with Gasteiger partial charge < -0.3 is 14.4 Å². The standard InChI is InChI=1S/C21H23N3O2S/c1-14-11-18-16(9-10-25-18)20(26-13-15-7-5-4-6-8-15)19(14)17-12-24(2)21(27-3)23-22-17/h4-8,11-12,21H,9-10,13H2,1-3H3. The summed E-state index contributed by atoms with van der Waals surface area (Å²) in [6, 6.07) is 12.3. The third-order valence-electron chi connectivity index (χ3n) is 4.78. The van der Waals surface area contributed by atoms with Crippen LogP contribution in [0.3, 0.4) is 0 Å². The number of hydrogen-bond acceptors (Lipinski definition) is 6. The topological polar surface area (TPSA) is 46.4 Å². The number of azo groups is 1. The first-order valence-corrected chi connectivity index (χ1v) is 10.3. The van der Waals surface area contributed by atoms with Crippen LogP contribution in [0.2, 0.25) is 0 Å². The molecule has 0 N–H and O–H groups in total. The minimum absolute atomic E-state index is 0.0144. The van der Waals surface area contributed by atoms with Crippen molar-refractivity contribution in [3.8, 4) is 11.5 Å². The van der Waals surface area contributed by atoms with Crippen LogP contribution in [-0.4, -0.2) is 30.3 Å². The molecule has 2 aliphatic heterocycles. The van der Waals surface area contributed by atoms with Crippen molar-refractivity contribution in [1.29, 1.82) is 0 Å². The highest BCUT2D eigenvalue weighted by Gasteiger charge is 2.27. The maximum Gasteiger partial charge on any atom is 0.188 e. The molecule has 0 fully saturated rings. The van der Waals surface area contributed by atoms with Gasteiger partial charge in [0.05, 0.1) is 6.61 Å². The van der Waals surface area contributed by atoms with E-state index in [1.807, 2.05) is 37.7 Å². The van der Waals surface area contributed by atoms with Gasteiger partial charge in [0, 0.05) is 30.8 Å². The molecule has 1 unspecified atom stereocenters. The Bertz CT molecular complexity index is 896. The van der Waals surface area contributed by atoms with Gasteiger partial charge in [-0.15, -0.1) is 11.8 Å². The lowest BCUT2D eigenvalue weighted by atomic mass is 9.98. The largest absolute Gasteiger partial charge is 0.493 e. The van der Waals surface area contributed by atoms with Gasteiger partial charge in [-0.3, -0.25) is 0 Å². The summed E-state index contributed by atoms with van der Waals surface area (Å²) in [5.41, 5.74) is 5.19. The van der Waals surface area contributed by atoms with Gasteiger partial charge in [0.2, 0.25) is 0 Å². The van der Waals surface area contributed by atoms with E-state index in [-0.39, 0.29) is 5.50 Å². The minimum atomic E-state index is 0.0144. The van der Waals surface area contributed by atoms with Gasteiger partial charge in [-0.1, -0.05) is 30.3 Å². The molecule has 0 aromatic heterocycles. The second-order valence-electron chi connectivity index (χ2n) is 6.70. The van der Waals surface area contributed by atoms with Crippen LogP contribution in [0.5, 0.6) is 11.5 Å². The number of fused-ring (bicyclic) bond motifs is 1. The molecule has 2 aromatic rings. The molecule has 0 radical (unpaired) electrons. The zero-order valence-corrected chi connectivity index (χ0v) is 16.6. The van der Waals surface area contributed by atoms with Crippen molar-refractivity contribution >= 4 is 17.5 Å². The fraction of sp³-hybridized carbons (Fsp3) is 0.333. The van der Waals surface area contributed by atoms with E-state index in [1.165, 1.54) is 0 Å². The Labute approximate surface area is 164 Å². The Balaban J connectivity index is 1.74. The van der Waals surface area contributed by atoms with Crippen molar-refractivity contribution in [2.75, 3.05) is 19.9 Å². The number of rotatable bonds is 5. The highest BCUT2D eigenvalue weighted by molar-refractivity contribution is 7.99. The van der Waals surface area contributed by atoms with Crippen molar-refractivity contribution in [3.05, 3.63) is 64.9 Å². The van der Waals surface area contributed by atoms with E-state index in [4.69, 9.17) is 9.47 Å². The smallest absolute Gasteiger partial charge is 0.188 e. The summed E-state index contributed by atoms with van der Waals surface area (Å²) in [5.74, 6) is 1.79. The van der Waals surface area contributed by atoms with Crippen LogP contribution in [0.1, 0.15) is 22.3 Å². The lowest BCUT2D eigenvalue weighted by Gasteiger charge is -2.26. The van der Waals surface area contributed by atoms with Gasteiger partial charge >= 0.3 is 0 Å². The zero-order chi connectivity index (χ0) is 18.8. The fourth-order valence-corrected chi connectivity index (χ4v) is 3.97. The first-order valence-electron chi connectivity index (χ1n) is 9.01. The molecule has 0 amide bonds. The maximum atomic E-state index is 6.34. The Hall–Kier alpha value is -2.47. The molecular formula is C21H23N3O2S. The molecule has 0 spiro atoms. The summed E-state index contributed by atoms with van der Waals surface area (Å²) in [5, 5.41) is 8.95. The average Bonchev–Trinajstić information content (AvgIpc) is 3.14. The molecule has 1 atom stereocenters. The number of aryl methyl sites for hydroxylation is 1. The van der Waals surface area contributed by atoms with Crippen LogP contribution in [0.25, 0.3) is 5.70 Å². The van der Waals surface area contributed by atoms with Crippen molar-refractivity contribution < 1.29 is 9.47 Å². The Kier molecular flexibility index (Phi) is 5.07. The summed E-state index contributed by atoms with van der Waals surface area (Å²) in [7, 11) is 2.02. The summed E-state index contributed by atoms with van der Waals surface area (Å²) in [6.45, 7) is 3.27. The zero-order valence-electron chi connectivity index (χ0n) is 15.8. The Morgan fingerprint density at radius 2 is 2.11 bits per heavy atom. The molecule has 0 saturated heterocycles. The summed E-state index contributed by atoms with van der Waals surface area (Å²) >= 11 is 1.66. The number of hydrogen-bond donors (Lipinski definition) is 0. The fourth-order valence-electron chi connectivity index (χ4n) is 3.44. The third kappa shape index (κ3) is 3.54. The molecule has 0 aliphatic carbocycles. The molecule has 5 nitrogen and oxygen atoms in total. The molecule has 0 bridgehead atoms. The molecule has 0 saturated carbocycles. The third-order valence-corrected chi connectivity index (χ3v) is 5.63. The summed E-state index contributed by atoms with van der Waals surface area (Å²) in [6.07, 6.45) is 4.93. The lowest BCUT2D eigenvalue weighted by molar-refractivity contribution is 0.302. The van der Waals surface area contributed by atoms with Gasteiger partial charge in [-0.05, 0) is 30.4 Å². The number of benzene rings is 2. The molecule has 4 rings (SSSR count). The molecular weight excluding hydrogens is 358 g/mol. The van der Waals surface area contributed by atoms with E-state index in [1.54, 1.807) is 11.8 Å². The van der Waals surface area contributed by atoms with Crippen LogP contribution in [-0.2, 0) is 13.0 Å². The predicted octanol–water partition coefficient (Wildman–Crippen LogP) is 4.85. The number of ether oxygens (including phenoxy) is 2. The average molecular weight is 382 g/mol. The highest BCUT2D eigenvalue weighted by Crippen LogP contribution is 2.43. The Morgan fingerprint density at radius 1 is 1.30 bits per heavy atom. The number of nitrogens with zero attached hydrogens (tertiary/aromatic N) is 3. The van der Waals surface area contributed by atoms with Gasteiger partial charge in [-0.25, -0.2) is 0 Å². The van der Waals surface area contributed by atoms with Crippen LogP contribution in [0, 0.1) is 6.92 Å². The second-order valence-corrected chi connectivity index (χ2v) is 7.60. The molecule has 2 aliphatic rings. The van der Waals surface area contributed by atoms with E-state index in [2.05, 4.69) is 40.3 Å². The molecule has 2 aromatic carbocycles. The van der Waals surface area contributed by atoms with Gasteiger partial charge in [0.15, 0.2) is 5.50 Å². The predicted molar refractivity (Wildman–Crippen MR) is 109 cm³/mol. The van der Waals surface area contributed by atoms with Crippen molar-refractivity contribution in [1.82, 2.24) is 4.90 Å². The van der Waals surface area contributed by atoms with Crippen molar-refractivity contribution in [3.63, 3.8) is 0 Å². The molecule has 6 heteroatoms. The number of thioether (sulfide) groups is 1. The second kappa shape index (κ2) is 7.64. The first kappa shape index (κ1) is 17.9. The van der Waals surface area contributed by atoms with E-state index in [9.17, 15) is 0 Å². The van der Waals surface area contributed by atoms with E-state index < -0.39 is 0 Å². The molecule has 140 valence electrons. The van der Waals surface area contributed by atoms with Crippen LogP contribution < -0.4 is 9.47 Å².